The van der Waals surface area contributed by atoms with Gasteiger partial charge in [-0.15, -0.1) is 0 Å². The molecule has 0 fully saturated rings. The van der Waals surface area contributed by atoms with Gasteiger partial charge in [0.05, 0.1) is 0 Å². The molecule has 0 aliphatic carbocycles. The zero-order valence-electron chi connectivity index (χ0n) is 15.1. The Bertz CT molecular complexity index is 956. The predicted molar refractivity (Wildman–Crippen MR) is 109 cm³/mol. The molecule has 0 aliphatic heterocycles. The Hall–Kier alpha value is -2.07. The fourth-order valence-corrected chi connectivity index (χ4v) is 3.57. The summed E-state index contributed by atoms with van der Waals surface area (Å²) in [5.74, 6) is -0.0599. The molecule has 0 saturated heterocycles. The van der Waals surface area contributed by atoms with Gasteiger partial charge in [-0.3, -0.25) is 4.79 Å². The van der Waals surface area contributed by atoms with Crippen molar-refractivity contribution in [2.75, 3.05) is 5.32 Å². The van der Waals surface area contributed by atoms with E-state index >= 15 is 0 Å². The van der Waals surface area contributed by atoms with Crippen molar-refractivity contribution in [1.82, 2.24) is 4.57 Å². The fraction of sp³-hybridized carbons (Fsp3) is 0.286. The van der Waals surface area contributed by atoms with Gasteiger partial charge in [0.1, 0.15) is 5.69 Å². The summed E-state index contributed by atoms with van der Waals surface area (Å²) in [4.78, 5) is 13.0. The number of aryl methyl sites for hydroxylation is 4. The van der Waals surface area contributed by atoms with Crippen LogP contribution in [0.25, 0.3) is 10.9 Å². The van der Waals surface area contributed by atoms with E-state index in [1.54, 1.807) is 0 Å². The van der Waals surface area contributed by atoms with Crippen LogP contribution in [-0.4, -0.2) is 10.5 Å². The molecule has 25 heavy (non-hydrogen) atoms. The molecule has 3 rings (SSSR count). The van der Waals surface area contributed by atoms with Gasteiger partial charge < -0.3 is 9.88 Å². The van der Waals surface area contributed by atoms with E-state index in [1.165, 1.54) is 10.9 Å². The summed E-state index contributed by atoms with van der Waals surface area (Å²) in [5, 5.41) is 4.22. The van der Waals surface area contributed by atoms with Crippen molar-refractivity contribution in [2.24, 2.45) is 0 Å². The summed E-state index contributed by atoms with van der Waals surface area (Å²) in [6.45, 7) is 9.04. The van der Waals surface area contributed by atoms with E-state index in [-0.39, 0.29) is 5.91 Å². The highest BCUT2D eigenvalue weighted by molar-refractivity contribution is 9.10. The third kappa shape index (κ3) is 3.23. The van der Waals surface area contributed by atoms with Crippen molar-refractivity contribution >= 4 is 38.4 Å². The van der Waals surface area contributed by atoms with Crippen LogP contribution in [0.2, 0.25) is 0 Å². The second-order valence-electron chi connectivity index (χ2n) is 6.34. The molecule has 4 heteroatoms. The molecule has 3 nitrogen and oxygen atoms in total. The normalized spacial score (nSPS) is 11.1. The third-order valence-corrected chi connectivity index (χ3v) is 5.63. The van der Waals surface area contributed by atoms with Gasteiger partial charge >= 0.3 is 0 Å². The maximum absolute atomic E-state index is 13.0. The molecule has 1 amide bonds. The maximum Gasteiger partial charge on any atom is 0.272 e. The van der Waals surface area contributed by atoms with Gasteiger partial charge in [-0.25, -0.2) is 0 Å². The summed E-state index contributed by atoms with van der Waals surface area (Å²) >= 11 is 3.49. The number of nitrogens with zero attached hydrogens (tertiary/aromatic N) is 1. The number of carbonyl (C=O) groups is 1. The minimum atomic E-state index is -0.0599. The Morgan fingerprint density at radius 3 is 2.52 bits per heavy atom. The second kappa shape index (κ2) is 7.04. The Balaban J connectivity index is 2.05. The Morgan fingerprint density at radius 2 is 1.88 bits per heavy atom. The average Bonchev–Trinajstić information content (AvgIpc) is 2.89. The number of anilines is 1. The summed E-state index contributed by atoms with van der Waals surface area (Å²) in [6, 6.07) is 12.3. The smallest absolute Gasteiger partial charge is 0.272 e. The second-order valence-corrected chi connectivity index (χ2v) is 7.20. The number of hydrogen-bond acceptors (Lipinski definition) is 1. The van der Waals surface area contributed by atoms with E-state index < -0.39 is 0 Å². The van der Waals surface area contributed by atoms with Gasteiger partial charge in [0.25, 0.3) is 5.91 Å². The molecule has 2 aromatic carbocycles. The van der Waals surface area contributed by atoms with E-state index in [2.05, 4.69) is 57.9 Å². The first-order valence-corrected chi connectivity index (χ1v) is 9.44. The first-order chi connectivity index (χ1) is 12.0. The quantitative estimate of drug-likeness (QED) is 0.586. The molecule has 0 bridgehead atoms. The van der Waals surface area contributed by atoms with Crippen molar-refractivity contribution in [3.05, 3.63) is 63.3 Å². The van der Waals surface area contributed by atoms with Crippen LogP contribution >= 0.6 is 15.9 Å². The van der Waals surface area contributed by atoms with Gasteiger partial charge in [-0.1, -0.05) is 28.9 Å². The molecule has 1 heterocycles. The Labute approximate surface area is 157 Å². The number of rotatable bonds is 4. The lowest BCUT2D eigenvalue weighted by Crippen LogP contribution is -2.18. The molecule has 0 spiro atoms. The number of fused-ring (bicyclic) bond motifs is 1. The molecule has 3 aromatic rings. The molecule has 1 aromatic heterocycles. The molecule has 0 unspecified atom stereocenters. The summed E-state index contributed by atoms with van der Waals surface area (Å²) in [7, 11) is 0. The number of amides is 1. The molecule has 130 valence electrons. The van der Waals surface area contributed by atoms with Crippen LogP contribution in [0.1, 0.15) is 41.0 Å². The predicted octanol–water partition coefficient (Wildman–Crippen LogP) is 5.86. The van der Waals surface area contributed by atoms with E-state index in [0.717, 1.165) is 45.5 Å². The van der Waals surface area contributed by atoms with Gasteiger partial charge in [0, 0.05) is 27.6 Å². The highest BCUT2D eigenvalue weighted by atomic mass is 79.9. The lowest BCUT2D eigenvalue weighted by molar-refractivity contribution is 0.101. The van der Waals surface area contributed by atoms with E-state index in [0.29, 0.717) is 0 Å². The van der Waals surface area contributed by atoms with Crippen molar-refractivity contribution in [2.45, 2.75) is 40.7 Å². The first kappa shape index (κ1) is 17.7. The minimum Gasteiger partial charge on any atom is -0.337 e. The fourth-order valence-electron chi connectivity index (χ4n) is 3.32. The Kier molecular flexibility index (Phi) is 5.00. The monoisotopic (exact) mass is 398 g/mol. The summed E-state index contributed by atoms with van der Waals surface area (Å²) in [5.41, 5.74) is 6.10. The maximum atomic E-state index is 13.0. The molecular formula is C21H23BrN2O. The standard InChI is InChI=1S/C21H23BrN2O/c1-5-15-7-10-19-17(12-15)14(4)20(24(19)6-2)21(25)23-16-8-9-18(22)13(3)11-16/h7-12H,5-6H2,1-4H3,(H,23,25). The molecular weight excluding hydrogens is 376 g/mol. The highest BCUT2D eigenvalue weighted by Crippen LogP contribution is 2.28. The minimum absolute atomic E-state index is 0.0599. The number of benzene rings is 2. The van der Waals surface area contributed by atoms with Crippen LogP contribution in [0, 0.1) is 13.8 Å². The zero-order valence-corrected chi connectivity index (χ0v) is 16.7. The topological polar surface area (TPSA) is 34.0 Å². The number of hydrogen-bond donors (Lipinski definition) is 1. The molecule has 1 N–H and O–H groups in total. The van der Waals surface area contributed by atoms with Crippen molar-refractivity contribution in [3.63, 3.8) is 0 Å². The van der Waals surface area contributed by atoms with Crippen LogP contribution in [0.4, 0.5) is 5.69 Å². The van der Waals surface area contributed by atoms with Gasteiger partial charge in [-0.2, -0.15) is 0 Å². The number of carbonyl (C=O) groups excluding carboxylic acids is 1. The van der Waals surface area contributed by atoms with Crippen LogP contribution in [0.3, 0.4) is 0 Å². The number of aromatic nitrogens is 1. The summed E-state index contributed by atoms with van der Waals surface area (Å²) < 4.78 is 3.14. The summed E-state index contributed by atoms with van der Waals surface area (Å²) in [6.07, 6.45) is 0.992. The van der Waals surface area contributed by atoms with Crippen molar-refractivity contribution in [3.8, 4) is 0 Å². The van der Waals surface area contributed by atoms with Crippen LogP contribution in [0.5, 0.6) is 0 Å². The third-order valence-electron chi connectivity index (χ3n) is 4.74. The van der Waals surface area contributed by atoms with Crippen molar-refractivity contribution in [1.29, 1.82) is 0 Å². The van der Waals surface area contributed by atoms with E-state index in [9.17, 15) is 4.79 Å². The SMILES string of the molecule is CCc1ccc2c(c1)c(C)c(C(=O)Nc1ccc(Br)c(C)c1)n2CC. The molecule has 0 radical (unpaired) electrons. The largest absolute Gasteiger partial charge is 0.337 e. The average molecular weight is 399 g/mol. The van der Waals surface area contributed by atoms with Crippen molar-refractivity contribution < 1.29 is 4.79 Å². The van der Waals surface area contributed by atoms with Gasteiger partial charge in [0.2, 0.25) is 0 Å². The molecule has 0 aliphatic rings. The lowest BCUT2D eigenvalue weighted by atomic mass is 10.1. The lowest BCUT2D eigenvalue weighted by Gasteiger charge is -2.11. The highest BCUT2D eigenvalue weighted by Gasteiger charge is 2.20. The van der Waals surface area contributed by atoms with Crippen LogP contribution in [-0.2, 0) is 13.0 Å². The first-order valence-electron chi connectivity index (χ1n) is 8.65. The zero-order chi connectivity index (χ0) is 18.1. The van der Waals surface area contributed by atoms with Crippen LogP contribution in [0.15, 0.2) is 40.9 Å². The van der Waals surface area contributed by atoms with E-state index in [1.807, 2.05) is 32.0 Å². The Morgan fingerprint density at radius 1 is 1.12 bits per heavy atom. The van der Waals surface area contributed by atoms with E-state index in [4.69, 9.17) is 0 Å². The van der Waals surface area contributed by atoms with Gasteiger partial charge in [0.15, 0.2) is 0 Å². The number of halogens is 1. The van der Waals surface area contributed by atoms with Gasteiger partial charge in [-0.05, 0) is 74.2 Å². The molecule has 0 atom stereocenters. The van der Waals surface area contributed by atoms with Crippen LogP contribution < -0.4 is 5.32 Å². The number of nitrogens with one attached hydrogen (secondary N) is 1. The molecule has 0 saturated carbocycles.